The highest BCUT2D eigenvalue weighted by Gasteiger charge is 2.28. The molecule has 1 aromatic heterocycles. The smallest absolute Gasteiger partial charge is 0.387 e. The van der Waals surface area contributed by atoms with Crippen molar-refractivity contribution in [2.24, 2.45) is 0 Å². The van der Waals surface area contributed by atoms with Crippen molar-refractivity contribution in [2.45, 2.75) is 38.7 Å². The minimum Gasteiger partial charge on any atom is -0.435 e. The van der Waals surface area contributed by atoms with E-state index in [-0.39, 0.29) is 18.1 Å². The minimum absolute atomic E-state index is 0.00932. The summed E-state index contributed by atoms with van der Waals surface area (Å²) in [5.74, 6) is 0.680. The third kappa shape index (κ3) is 3.67. The van der Waals surface area contributed by atoms with E-state index in [1.165, 1.54) is 6.07 Å². The molecular weight excluding hydrogens is 304 g/mol. The Balaban J connectivity index is 1.68. The molecule has 7 heteroatoms. The molecule has 1 amide bonds. The Bertz CT molecular complexity index is 711. The Morgan fingerprint density at radius 2 is 2.17 bits per heavy atom. The number of H-pyrrole nitrogens is 1. The molecule has 0 saturated heterocycles. The highest BCUT2D eigenvalue weighted by Crippen LogP contribution is 2.41. The first-order chi connectivity index (χ1) is 11.0. The number of carbonyl (C=O) groups is 1. The number of aromatic amines is 1. The number of rotatable bonds is 6. The molecule has 1 aromatic carbocycles. The quantitative estimate of drug-likeness (QED) is 0.857. The van der Waals surface area contributed by atoms with Crippen LogP contribution in [0.5, 0.6) is 5.75 Å². The van der Waals surface area contributed by atoms with Gasteiger partial charge in [0.2, 0.25) is 5.91 Å². The van der Waals surface area contributed by atoms with Crippen LogP contribution in [0.25, 0.3) is 0 Å². The number of nitrogens with zero attached hydrogens (tertiary/aromatic N) is 1. The van der Waals surface area contributed by atoms with Crippen molar-refractivity contribution in [1.29, 1.82) is 0 Å². The summed E-state index contributed by atoms with van der Waals surface area (Å²) < 4.78 is 29.2. The van der Waals surface area contributed by atoms with E-state index in [1.54, 1.807) is 18.2 Å². The number of benzene rings is 1. The lowest BCUT2D eigenvalue weighted by Gasteiger charge is -2.10. The van der Waals surface area contributed by atoms with E-state index in [9.17, 15) is 13.6 Å². The van der Waals surface area contributed by atoms with E-state index in [1.807, 2.05) is 6.92 Å². The zero-order valence-corrected chi connectivity index (χ0v) is 12.6. The standard InChI is InChI=1S/C16H17F2N3O2/c1-9-14(10-6-7-10)20-21-15(9)19-13(22)8-11-4-2-3-5-12(11)23-16(17)18/h2-5,10,16H,6-8H2,1H3,(H2,19,20,21,22). The summed E-state index contributed by atoms with van der Waals surface area (Å²) >= 11 is 0. The first-order valence-corrected chi connectivity index (χ1v) is 7.42. The maximum atomic E-state index is 12.4. The van der Waals surface area contributed by atoms with Gasteiger partial charge in [-0.15, -0.1) is 0 Å². The van der Waals surface area contributed by atoms with Crippen molar-refractivity contribution in [2.75, 3.05) is 5.32 Å². The molecule has 1 heterocycles. The fourth-order valence-electron chi connectivity index (χ4n) is 2.51. The van der Waals surface area contributed by atoms with Crippen LogP contribution in [0, 0.1) is 6.92 Å². The van der Waals surface area contributed by atoms with Crippen molar-refractivity contribution in [3.8, 4) is 5.75 Å². The Kier molecular flexibility index (Phi) is 4.27. The van der Waals surface area contributed by atoms with Gasteiger partial charge >= 0.3 is 6.61 Å². The van der Waals surface area contributed by atoms with Crippen LogP contribution in [0.4, 0.5) is 14.6 Å². The molecule has 122 valence electrons. The zero-order chi connectivity index (χ0) is 16.4. The predicted molar refractivity (Wildman–Crippen MR) is 80.7 cm³/mol. The molecule has 0 atom stereocenters. The Hall–Kier alpha value is -2.44. The van der Waals surface area contributed by atoms with Crippen molar-refractivity contribution in [1.82, 2.24) is 10.2 Å². The van der Waals surface area contributed by atoms with Gasteiger partial charge in [0.1, 0.15) is 5.75 Å². The molecule has 1 fully saturated rings. The lowest BCUT2D eigenvalue weighted by atomic mass is 10.1. The molecule has 2 aromatic rings. The highest BCUT2D eigenvalue weighted by molar-refractivity contribution is 5.92. The molecule has 0 bridgehead atoms. The number of amides is 1. The van der Waals surface area contributed by atoms with Crippen LogP contribution in [-0.2, 0) is 11.2 Å². The van der Waals surface area contributed by atoms with Crippen LogP contribution in [0.15, 0.2) is 24.3 Å². The number of nitrogens with one attached hydrogen (secondary N) is 2. The number of anilines is 1. The van der Waals surface area contributed by atoms with E-state index < -0.39 is 6.61 Å². The van der Waals surface area contributed by atoms with Gasteiger partial charge in [-0.1, -0.05) is 18.2 Å². The number of alkyl halides is 2. The van der Waals surface area contributed by atoms with Crippen molar-refractivity contribution in [3.63, 3.8) is 0 Å². The van der Waals surface area contributed by atoms with Crippen LogP contribution < -0.4 is 10.1 Å². The summed E-state index contributed by atoms with van der Waals surface area (Å²) in [5, 5.41) is 9.79. The highest BCUT2D eigenvalue weighted by atomic mass is 19.3. The molecule has 0 unspecified atom stereocenters. The topological polar surface area (TPSA) is 67.0 Å². The molecule has 23 heavy (non-hydrogen) atoms. The summed E-state index contributed by atoms with van der Waals surface area (Å²) in [5.41, 5.74) is 2.39. The Morgan fingerprint density at radius 3 is 2.87 bits per heavy atom. The molecule has 1 saturated carbocycles. The summed E-state index contributed by atoms with van der Waals surface area (Å²) in [4.78, 5) is 12.2. The minimum atomic E-state index is -2.92. The van der Waals surface area contributed by atoms with Gasteiger partial charge in [0.25, 0.3) is 0 Å². The lowest BCUT2D eigenvalue weighted by molar-refractivity contribution is -0.115. The van der Waals surface area contributed by atoms with Crippen LogP contribution in [-0.4, -0.2) is 22.7 Å². The van der Waals surface area contributed by atoms with Crippen molar-refractivity contribution >= 4 is 11.7 Å². The second-order valence-electron chi connectivity index (χ2n) is 5.60. The van der Waals surface area contributed by atoms with Gasteiger partial charge in [-0.3, -0.25) is 9.89 Å². The van der Waals surface area contributed by atoms with Gasteiger partial charge in [-0.05, 0) is 25.8 Å². The second kappa shape index (κ2) is 6.36. The fourth-order valence-corrected chi connectivity index (χ4v) is 2.51. The summed E-state index contributed by atoms with van der Waals surface area (Å²) in [7, 11) is 0. The van der Waals surface area contributed by atoms with Crippen LogP contribution in [0.2, 0.25) is 0 Å². The first-order valence-electron chi connectivity index (χ1n) is 7.42. The second-order valence-corrected chi connectivity index (χ2v) is 5.60. The van der Waals surface area contributed by atoms with E-state index in [4.69, 9.17) is 0 Å². The van der Waals surface area contributed by atoms with E-state index >= 15 is 0 Å². The number of hydrogen-bond donors (Lipinski definition) is 2. The van der Waals surface area contributed by atoms with Crippen molar-refractivity contribution in [3.05, 3.63) is 41.1 Å². The average molecular weight is 321 g/mol. The van der Waals surface area contributed by atoms with E-state index in [0.29, 0.717) is 17.3 Å². The summed E-state index contributed by atoms with van der Waals surface area (Å²) in [6.45, 7) is -1.02. The fraction of sp³-hybridized carbons (Fsp3) is 0.375. The van der Waals surface area contributed by atoms with E-state index in [2.05, 4.69) is 20.3 Å². The van der Waals surface area contributed by atoms with Gasteiger partial charge in [0.15, 0.2) is 5.82 Å². The third-order valence-corrected chi connectivity index (χ3v) is 3.83. The van der Waals surface area contributed by atoms with Gasteiger partial charge in [0.05, 0.1) is 6.42 Å². The number of para-hydroxylation sites is 1. The van der Waals surface area contributed by atoms with Crippen molar-refractivity contribution < 1.29 is 18.3 Å². The SMILES string of the molecule is Cc1c(NC(=O)Cc2ccccc2OC(F)F)n[nH]c1C1CC1. The normalized spacial score (nSPS) is 14.1. The van der Waals surface area contributed by atoms with Gasteiger partial charge in [-0.25, -0.2) is 0 Å². The van der Waals surface area contributed by atoms with Crippen LogP contribution in [0.3, 0.4) is 0 Å². The number of hydrogen-bond acceptors (Lipinski definition) is 3. The molecule has 5 nitrogen and oxygen atoms in total. The summed E-state index contributed by atoms with van der Waals surface area (Å²) in [6, 6.07) is 6.26. The first kappa shape index (κ1) is 15.5. The number of carbonyl (C=O) groups excluding carboxylic acids is 1. The monoisotopic (exact) mass is 321 g/mol. The molecular formula is C16H17F2N3O2. The Morgan fingerprint density at radius 1 is 1.43 bits per heavy atom. The molecule has 0 radical (unpaired) electrons. The number of halogens is 2. The maximum absolute atomic E-state index is 12.4. The van der Waals surface area contributed by atoms with Gasteiger partial charge in [-0.2, -0.15) is 13.9 Å². The number of ether oxygens (including phenoxy) is 1. The average Bonchev–Trinajstić information content (AvgIpc) is 3.27. The molecule has 3 rings (SSSR count). The predicted octanol–water partition coefficient (Wildman–Crippen LogP) is 3.38. The van der Waals surface area contributed by atoms with E-state index in [0.717, 1.165) is 24.1 Å². The molecule has 1 aliphatic rings. The third-order valence-electron chi connectivity index (χ3n) is 3.83. The van der Waals surface area contributed by atoms with Crippen LogP contribution >= 0.6 is 0 Å². The molecule has 1 aliphatic carbocycles. The Labute approximate surface area is 132 Å². The zero-order valence-electron chi connectivity index (χ0n) is 12.6. The summed E-state index contributed by atoms with van der Waals surface area (Å²) in [6.07, 6.45) is 2.21. The molecule has 0 spiro atoms. The molecule has 0 aliphatic heterocycles. The van der Waals surface area contributed by atoms with Gasteiger partial charge in [0, 0.05) is 22.7 Å². The maximum Gasteiger partial charge on any atom is 0.387 e. The largest absolute Gasteiger partial charge is 0.435 e. The van der Waals surface area contributed by atoms with Gasteiger partial charge < -0.3 is 10.1 Å². The molecule has 2 N–H and O–H groups in total. The lowest BCUT2D eigenvalue weighted by Crippen LogP contribution is -2.16. The van der Waals surface area contributed by atoms with Crippen LogP contribution in [0.1, 0.15) is 35.6 Å². The number of aromatic nitrogens is 2.